The first-order chi connectivity index (χ1) is 6.31. The minimum atomic E-state index is -0.901. The maximum absolute atomic E-state index is 11.3. The molecule has 80 valence electrons. The van der Waals surface area contributed by atoms with Gasteiger partial charge in [-0.2, -0.15) is 5.90 Å². The highest BCUT2D eigenvalue weighted by Gasteiger charge is 2.24. The quantitative estimate of drug-likeness (QED) is 0.234. The summed E-state index contributed by atoms with van der Waals surface area (Å²) in [6, 6.07) is 0. The van der Waals surface area contributed by atoms with E-state index in [9.17, 15) is 9.59 Å². The van der Waals surface area contributed by atoms with Crippen molar-refractivity contribution in [3.8, 4) is 0 Å². The van der Waals surface area contributed by atoms with Crippen molar-refractivity contribution in [3.05, 3.63) is 11.6 Å². The Kier molecular flexibility index (Phi) is 4.30. The molecule has 0 saturated carbocycles. The summed E-state index contributed by atoms with van der Waals surface area (Å²) in [5.41, 5.74) is -0.859. The van der Waals surface area contributed by atoms with E-state index >= 15 is 0 Å². The van der Waals surface area contributed by atoms with Gasteiger partial charge in [0, 0.05) is 0 Å². The van der Waals surface area contributed by atoms with Crippen molar-refractivity contribution in [2.24, 2.45) is 5.90 Å². The molecule has 5 nitrogen and oxygen atoms in total. The summed E-state index contributed by atoms with van der Waals surface area (Å²) < 4.78 is 4.95. The molecule has 5 heteroatoms. The Bertz CT molecular complexity index is 262. The lowest BCUT2D eigenvalue weighted by atomic mass is 10.2. The van der Waals surface area contributed by atoms with Crippen molar-refractivity contribution in [1.82, 2.24) is 0 Å². The second-order valence-corrected chi connectivity index (χ2v) is 3.61. The Labute approximate surface area is 82.8 Å². The van der Waals surface area contributed by atoms with Crippen molar-refractivity contribution >= 4 is 11.9 Å². The average Bonchev–Trinajstić information content (AvgIpc) is 2.01. The number of nitrogens with two attached hydrogens (primary N) is 1. The lowest BCUT2D eigenvalue weighted by Gasteiger charge is -2.19. The Hall–Kier alpha value is -1.36. The maximum Gasteiger partial charge on any atom is 0.363 e. The van der Waals surface area contributed by atoms with E-state index in [4.69, 9.17) is 4.74 Å². The van der Waals surface area contributed by atoms with Gasteiger partial charge >= 0.3 is 11.9 Å². The van der Waals surface area contributed by atoms with Crippen LogP contribution in [0, 0.1) is 0 Å². The monoisotopic (exact) mass is 201 g/mol. The van der Waals surface area contributed by atoms with Gasteiger partial charge in [0.05, 0.1) is 0 Å². The van der Waals surface area contributed by atoms with E-state index in [1.54, 1.807) is 20.8 Å². The Morgan fingerprint density at radius 2 is 1.71 bits per heavy atom. The van der Waals surface area contributed by atoms with Gasteiger partial charge in [0.1, 0.15) is 11.2 Å². The number of carbonyl (C=O) groups is 2. The zero-order valence-corrected chi connectivity index (χ0v) is 8.79. The lowest BCUT2D eigenvalue weighted by molar-refractivity contribution is -0.154. The maximum atomic E-state index is 11.3. The van der Waals surface area contributed by atoms with Gasteiger partial charge in [-0.05, 0) is 27.7 Å². The first-order valence-electron chi connectivity index (χ1n) is 4.12. The highest BCUT2D eigenvalue weighted by molar-refractivity contribution is 6.13. The average molecular weight is 201 g/mol. The number of hydrogen-bond donors (Lipinski definition) is 1. The van der Waals surface area contributed by atoms with Gasteiger partial charge in [0.15, 0.2) is 0 Å². The largest absolute Gasteiger partial charge is 0.456 e. The van der Waals surface area contributed by atoms with Gasteiger partial charge in [-0.1, -0.05) is 6.08 Å². The van der Waals surface area contributed by atoms with Crippen molar-refractivity contribution in [1.29, 1.82) is 0 Å². The molecule has 0 aliphatic carbocycles. The highest BCUT2D eigenvalue weighted by Crippen LogP contribution is 2.11. The van der Waals surface area contributed by atoms with Crippen LogP contribution in [-0.4, -0.2) is 17.5 Å². The molecule has 0 fully saturated rings. The van der Waals surface area contributed by atoms with Crippen LogP contribution in [-0.2, 0) is 19.2 Å². The third-order valence-electron chi connectivity index (χ3n) is 1.23. The number of hydrogen-bond acceptors (Lipinski definition) is 5. The second kappa shape index (κ2) is 4.76. The summed E-state index contributed by atoms with van der Waals surface area (Å²) in [4.78, 5) is 26.2. The van der Waals surface area contributed by atoms with E-state index in [1.165, 1.54) is 13.0 Å². The molecule has 0 aliphatic rings. The Balaban J connectivity index is 4.59. The van der Waals surface area contributed by atoms with Gasteiger partial charge in [-0.25, -0.2) is 9.59 Å². The zero-order chi connectivity index (χ0) is 11.4. The van der Waals surface area contributed by atoms with Crippen LogP contribution < -0.4 is 5.90 Å². The van der Waals surface area contributed by atoms with E-state index in [1.807, 2.05) is 0 Å². The van der Waals surface area contributed by atoms with E-state index in [-0.39, 0.29) is 5.57 Å². The van der Waals surface area contributed by atoms with Crippen molar-refractivity contribution in [2.45, 2.75) is 33.3 Å². The molecule has 0 amide bonds. The summed E-state index contributed by atoms with van der Waals surface area (Å²) >= 11 is 0. The van der Waals surface area contributed by atoms with Crippen LogP contribution in [0.4, 0.5) is 0 Å². The van der Waals surface area contributed by atoms with Gasteiger partial charge in [0.25, 0.3) is 0 Å². The normalized spacial score (nSPS) is 12.2. The first kappa shape index (κ1) is 12.6. The lowest BCUT2D eigenvalue weighted by Crippen LogP contribution is -2.28. The van der Waals surface area contributed by atoms with Crippen LogP contribution in [0.5, 0.6) is 0 Å². The van der Waals surface area contributed by atoms with Crippen LogP contribution in [0.25, 0.3) is 0 Å². The first-order valence-corrected chi connectivity index (χ1v) is 4.12. The molecule has 0 atom stereocenters. The van der Waals surface area contributed by atoms with Crippen LogP contribution in [0.3, 0.4) is 0 Å². The molecule has 0 aromatic rings. The predicted octanol–water partition coefficient (Wildman–Crippen LogP) is 0.691. The van der Waals surface area contributed by atoms with Gasteiger partial charge < -0.3 is 9.57 Å². The molecule has 2 N–H and O–H groups in total. The topological polar surface area (TPSA) is 78.6 Å². The summed E-state index contributed by atoms with van der Waals surface area (Å²) in [6.45, 7) is 6.63. The van der Waals surface area contributed by atoms with Crippen molar-refractivity contribution < 1.29 is 19.2 Å². The summed E-state index contributed by atoms with van der Waals surface area (Å²) in [5, 5.41) is 0. The number of allylic oxidation sites excluding steroid dienone is 1. The molecule has 14 heavy (non-hydrogen) atoms. The second-order valence-electron chi connectivity index (χ2n) is 3.61. The summed E-state index contributed by atoms with van der Waals surface area (Å²) in [7, 11) is 0. The molecule has 0 bridgehead atoms. The SMILES string of the molecule is CC=C(C(=O)ON)C(=O)OC(C)(C)C. The van der Waals surface area contributed by atoms with Crippen molar-refractivity contribution in [2.75, 3.05) is 0 Å². The molecule has 0 aromatic heterocycles. The van der Waals surface area contributed by atoms with E-state index in [2.05, 4.69) is 10.7 Å². The number of rotatable bonds is 2. The summed E-state index contributed by atoms with van der Waals surface area (Å²) in [5.74, 6) is 3.01. The molecule has 0 aromatic carbocycles. The van der Waals surface area contributed by atoms with Crippen LogP contribution >= 0.6 is 0 Å². The molecule has 0 unspecified atom stereocenters. The molecule has 0 heterocycles. The number of carbonyl (C=O) groups excluding carboxylic acids is 2. The van der Waals surface area contributed by atoms with E-state index < -0.39 is 17.5 Å². The van der Waals surface area contributed by atoms with Crippen LogP contribution in [0.2, 0.25) is 0 Å². The highest BCUT2D eigenvalue weighted by atomic mass is 16.7. The van der Waals surface area contributed by atoms with Crippen LogP contribution in [0.15, 0.2) is 11.6 Å². The fourth-order valence-corrected chi connectivity index (χ4v) is 0.716. The Morgan fingerprint density at radius 3 is 2.00 bits per heavy atom. The fourth-order valence-electron chi connectivity index (χ4n) is 0.716. The molecule has 0 aliphatic heterocycles. The molecular weight excluding hydrogens is 186 g/mol. The predicted molar refractivity (Wildman–Crippen MR) is 49.9 cm³/mol. The minimum absolute atomic E-state index is 0.206. The number of esters is 1. The zero-order valence-electron chi connectivity index (χ0n) is 8.79. The summed E-state index contributed by atoms with van der Waals surface area (Å²) in [6.07, 6.45) is 1.29. The molecule has 0 saturated heterocycles. The van der Waals surface area contributed by atoms with Gasteiger partial charge in [0.2, 0.25) is 0 Å². The number of ether oxygens (including phenoxy) is 1. The standard InChI is InChI=1S/C9H15NO4/c1-5-6(8(12)14-10)7(11)13-9(2,3)4/h5H,10H2,1-4H3. The fraction of sp³-hybridized carbons (Fsp3) is 0.556. The molecule has 0 spiro atoms. The minimum Gasteiger partial charge on any atom is -0.456 e. The van der Waals surface area contributed by atoms with Crippen LogP contribution in [0.1, 0.15) is 27.7 Å². The smallest absolute Gasteiger partial charge is 0.363 e. The van der Waals surface area contributed by atoms with E-state index in [0.717, 1.165) is 0 Å². The molecular formula is C9H15NO4. The third kappa shape index (κ3) is 4.04. The van der Waals surface area contributed by atoms with E-state index in [0.29, 0.717) is 0 Å². The molecule has 0 radical (unpaired) electrons. The van der Waals surface area contributed by atoms with Gasteiger partial charge in [-0.15, -0.1) is 0 Å². The molecule has 0 rings (SSSR count). The Morgan fingerprint density at radius 1 is 1.21 bits per heavy atom. The third-order valence-corrected chi connectivity index (χ3v) is 1.23. The van der Waals surface area contributed by atoms with Crippen molar-refractivity contribution in [3.63, 3.8) is 0 Å². The van der Waals surface area contributed by atoms with Gasteiger partial charge in [-0.3, -0.25) is 0 Å².